The third kappa shape index (κ3) is 5.03. The molecule has 0 radical (unpaired) electrons. The van der Waals surface area contributed by atoms with Crippen molar-refractivity contribution in [1.29, 1.82) is 0 Å². The molecule has 1 unspecified atom stereocenters. The summed E-state index contributed by atoms with van der Waals surface area (Å²) in [7, 11) is 1.97. The van der Waals surface area contributed by atoms with Crippen molar-refractivity contribution < 1.29 is 4.74 Å². The number of aryl methyl sites for hydroxylation is 1. The van der Waals surface area contributed by atoms with Crippen molar-refractivity contribution >= 4 is 5.96 Å². The van der Waals surface area contributed by atoms with Crippen LogP contribution in [0.3, 0.4) is 0 Å². The molecule has 1 saturated heterocycles. The Labute approximate surface area is 148 Å². The zero-order chi connectivity index (χ0) is 17.5. The first-order valence-electron chi connectivity index (χ1n) is 8.71. The second-order valence-electron chi connectivity index (χ2n) is 6.34. The van der Waals surface area contributed by atoms with Crippen LogP contribution < -0.4 is 10.6 Å². The third-order valence-corrected chi connectivity index (χ3v) is 4.44. The number of aliphatic imine (C=N–C) groups is 1. The molecular formula is C18H26N6O. The predicted molar refractivity (Wildman–Crippen MR) is 97.1 cm³/mol. The van der Waals surface area contributed by atoms with E-state index in [9.17, 15) is 0 Å². The summed E-state index contributed by atoms with van der Waals surface area (Å²) in [6, 6.07) is 10.2. The minimum Gasteiger partial charge on any atom is -0.381 e. The molecule has 2 N–H and O–H groups in total. The molecule has 0 amide bonds. The second-order valence-corrected chi connectivity index (χ2v) is 6.34. The van der Waals surface area contributed by atoms with Crippen LogP contribution in [0.25, 0.3) is 0 Å². The number of guanidine groups is 1. The summed E-state index contributed by atoms with van der Waals surface area (Å²) < 4.78 is 7.42. The van der Waals surface area contributed by atoms with Crippen molar-refractivity contribution in [2.75, 3.05) is 19.8 Å². The van der Waals surface area contributed by atoms with E-state index in [2.05, 4.69) is 33.0 Å². The number of nitrogens with zero attached hydrogens (tertiary/aromatic N) is 4. The number of hydrogen-bond acceptors (Lipinski definition) is 4. The highest BCUT2D eigenvalue weighted by atomic mass is 16.5. The largest absolute Gasteiger partial charge is 0.381 e. The smallest absolute Gasteiger partial charge is 0.191 e. The zero-order valence-electron chi connectivity index (χ0n) is 14.9. The van der Waals surface area contributed by atoms with Gasteiger partial charge in [0.1, 0.15) is 5.82 Å². The topological polar surface area (TPSA) is 76.4 Å². The molecule has 25 heavy (non-hydrogen) atoms. The van der Waals surface area contributed by atoms with Crippen LogP contribution in [-0.4, -0.2) is 40.5 Å². The number of benzene rings is 1. The summed E-state index contributed by atoms with van der Waals surface area (Å²) in [6.45, 7) is 5.70. The van der Waals surface area contributed by atoms with Gasteiger partial charge in [0.2, 0.25) is 0 Å². The van der Waals surface area contributed by atoms with Gasteiger partial charge in [-0.3, -0.25) is 0 Å². The molecule has 0 bridgehead atoms. The Hall–Kier alpha value is -2.41. The Kier molecular flexibility index (Phi) is 6.00. The maximum absolute atomic E-state index is 5.44. The summed E-state index contributed by atoms with van der Waals surface area (Å²) in [5, 5.41) is 15.1. The van der Waals surface area contributed by atoms with Crippen LogP contribution in [0.2, 0.25) is 0 Å². The lowest BCUT2D eigenvalue weighted by Crippen LogP contribution is -2.40. The first kappa shape index (κ1) is 17.4. The van der Waals surface area contributed by atoms with Gasteiger partial charge < -0.3 is 19.9 Å². The monoisotopic (exact) mass is 342 g/mol. The molecule has 7 nitrogen and oxygen atoms in total. The predicted octanol–water partition coefficient (Wildman–Crippen LogP) is 1.40. The van der Waals surface area contributed by atoms with E-state index in [0.717, 1.165) is 43.8 Å². The molecule has 2 aromatic rings. The standard InChI is InChI=1S/C18H26N6O/c1-14-22-23-17(24(14)2)12-21-18(20-11-16-8-9-25-13-16)19-10-15-6-4-3-5-7-15/h3-7,16H,8-13H2,1-2H3,(H2,19,20,21). The van der Waals surface area contributed by atoms with E-state index < -0.39 is 0 Å². The van der Waals surface area contributed by atoms with Gasteiger partial charge in [-0.2, -0.15) is 0 Å². The van der Waals surface area contributed by atoms with Crippen LogP contribution in [0.15, 0.2) is 35.3 Å². The van der Waals surface area contributed by atoms with Gasteiger partial charge in [-0.25, -0.2) is 4.99 Å². The van der Waals surface area contributed by atoms with E-state index >= 15 is 0 Å². The number of hydrogen-bond donors (Lipinski definition) is 2. The van der Waals surface area contributed by atoms with E-state index in [1.165, 1.54) is 5.56 Å². The van der Waals surface area contributed by atoms with Gasteiger partial charge >= 0.3 is 0 Å². The summed E-state index contributed by atoms with van der Waals surface area (Å²) in [5.74, 6) is 3.11. The molecule has 0 aliphatic carbocycles. The molecular weight excluding hydrogens is 316 g/mol. The molecule has 1 aromatic carbocycles. The fourth-order valence-corrected chi connectivity index (χ4v) is 2.68. The highest BCUT2D eigenvalue weighted by molar-refractivity contribution is 5.79. The lowest BCUT2D eigenvalue weighted by atomic mass is 10.1. The number of ether oxygens (including phenoxy) is 1. The van der Waals surface area contributed by atoms with Gasteiger partial charge in [-0.05, 0) is 18.9 Å². The minimum absolute atomic E-state index is 0.542. The van der Waals surface area contributed by atoms with E-state index in [0.29, 0.717) is 19.0 Å². The van der Waals surface area contributed by atoms with Crippen LogP contribution in [0.5, 0.6) is 0 Å². The van der Waals surface area contributed by atoms with Gasteiger partial charge in [0.15, 0.2) is 11.8 Å². The molecule has 7 heteroatoms. The number of nitrogens with one attached hydrogen (secondary N) is 2. The molecule has 0 spiro atoms. The van der Waals surface area contributed by atoms with Gasteiger partial charge in [0.25, 0.3) is 0 Å². The van der Waals surface area contributed by atoms with Crippen LogP contribution >= 0.6 is 0 Å². The molecule has 1 aliphatic rings. The highest BCUT2D eigenvalue weighted by Gasteiger charge is 2.16. The van der Waals surface area contributed by atoms with Gasteiger partial charge in [0, 0.05) is 26.1 Å². The minimum atomic E-state index is 0.542. The summed E-state index contributed by atoms with van der Waals surface area (Å²) in [6.07, 6.45) is 1.10. The van der Waals surface area contributed by atoms with Gasteiger partial charge in [-0.15, -0.1) is 10.2 Å². The quantitative estimate of drug-likeness (QED) is 0.613. The van der Waals surface area contributed by atoms with Crippen molar-refractivity contribution in [1.82, 2.24) is 25.4 Å². The van der Waals surface area contributed by atoms with Gasteiger partial charge in [0.05, 0.1) is 19.7 Å². The van der Waals surface area contributed by atoms with Crippen molar-refractivity contribution in [3.05, 3.63) is 47.5 Å². The Morgan fingerprint density at radius 1 is 1.28 bits per heavy atom. The summed E-state index contributed by atoms with van der Waals surface area (Å²) in [4.78, 5) is 4.70. The number of rotatable bonds is 6. The molecule has 2 heterocycles. The van der Waals surface area contributed by atoms with Crippen LogP contribution in [0.1, 0.15) is 23.6 Å². The fraction of sp³-hybridized carbons (Fsp3) is 0.500. The van der Waals surface area contributed by atoms with Crippen LogP contribution in [-0.2, 0) is 24.9 Å². The number of aromatic nitrogens is 3. The fourth-order valence-electron chi connectivity index (χ4n) is 2.68. The molecule has 1 fully saturated rings. The highest BCUT2D eigenvalue weighted by Crippen LogP contribution is 2.10. The van der Waals surface area contributed by atoms with Crippen molar-refractivity contribution in [3.63, 3.8) is 0 Å². The van der Waals surface area contributed by atoms with Crippen molar-refractivity contribution in [3.8, 4) is 0 Å². The zero-order valence-corrected chi connectivity index (χ0v) is 14.9. The van der Waals surface area contributed by atoms with E-state index in [-0.39, 0.29) is 0 Å². The Bertz CT molecular complexity index is 691. The lowest BCUT2D eigenvalue weighted by Gasteiger charge is -2.15. The average Bonchev–Trinajstić information content (AvgIpc) is 3.27. The SMILES string of the molecule is Cc1nnc(CNC(=NCc2ccccc2)NCC2CCOC2)n1C. The molecule has 134 valence electrons. The first-order chi connectivity index (χ1) is 12.2. The third-order valence-electron chi connectivity index (χ3n) is 4.44. The Morgan fingerprint density at radius 3 is 2.80 bits per heavy atom. The van der Waals surface area contributed by atoms with E-state index in [1.807, 2.05) is 36.7 Å². The summed E-state index contributed by atoms with van der Waals surface area (Å²) >= 11 is 0. The van der Waals surface area contributed by atoms with Crippen LogP contribution in [0.4, 0.5) is 0 Å². The summed E-state index contributed by atoms with van der Waals surface area (Å²) in [5.41, 5.74) is 1.18. The Morgan fingerprint density at radius 2 is 2.12 bits per heavy atom. The second kappa shape index (κ2) is 8.62. The van der Waals surface area contributed by atoms with Crippen molar-refractivity contribution in [2.45, 2.75) is 26.4 Å². The Balaban J connectivity index is 1.61. The molecule has 0 saturated carbocycles. The van der Waals surface area contributed by atoms with Gasteiger partial charge in [-0.1, -0.05) is 30.3 Å². The van der Waals surface area contributed by atoms with Crippen molar-refractivity contribution in [2.24, 2.45) is 18.0 Å². The molecule has 1 atom stereocenters. The van der Waals surface area contributed by atoms with E-state index in [4.69, 9.17) is 9.73 Å². The maximum Gasteiger partial charge on any atom is 0.191 e. The normalized spacial score (nSPS) is 17.7. The average molecular weight is 342 g/mol. The molecule has 3 rings (SSSR count). The van der Waals surface area contributed by atoms with Crippen LogP contribution in [0, 0.1) is 12.8 Å². The first-order valence-corrected chi connectivity index (χ1v) is 8.71. The molecule has 1 aromatic heterocycles. The van der Waals surface area contributed by atoms with E-state index in [1.54, 1.807) is 0 Å². The maximum atomic E-state index is 5.44. The lowest BCUT2D eigenvalue weighted by molar-refractivity contribution is 0.186. The molecule has 1 aliphatic heterocycles.